The van der Waals surface area contributed by atoms with Gasteiger partial charge in [0.2, 0.25) is 0 Å². The monoisotopic (exact) mass is 291 g/mol. The van der Waals surface area contributed by atoms with Crippen LogP contribution in [-0.2, 0) is 4.79 Å². The van der Waals surface area contributed by atoms with Crippen LogP contribution in [0.1, 0.15) is 39.5 Å². The van der Waals surface area contributed by atoms with E-state index in [0.717, 1.165) is 0 Å². The van der Waals surface area contributed by atoms with E-state index >= 15 is 0 Å². The Hall–Kier alpha value is -1.27. The van der Waals surface area contributed by atoms with Gasteiger partial charge in [0, 0.05) is 6.54 Å². The Balaban J connectivity index is 2.00. The molecule has 2 rings (SSSR count). The fourth-order valence-corrected chi connectivity index (χ4v) is 2.68. The Morgan fingerprint density at radius 2 is 1.95 bits per heavy atom. The van der Waals surface area contributed by atoms with Crippen LogP contribution in [-0.4, -0.2) is 30.1 Å². The summed E-state index contributed by atoms with van der Waals surface area (Å²) in [6.07, 6.45) is -3.79. The Kier molecular flexibility index (Phi) is 3.97. The summed E-state index contributed by atoms with van der Waals surface area (Å²) < 4.78 is 38.0. The lowest BCUT2D eigenvalue weighted by Gasteiger charge is -2.35. The topological polar surface area (TPSA) is 53.5 Å². The molecular formula is C13H20F3N3O. The lowest BCUT2D eigenvalue weighted by molar-refractivity contribution is -0.185. The highest BCUT2D eigenvalue weighted by Gasteiger charge is 2.51. The number of rotatable bonds is 2. The Morgan fingerprint density at radius 1 is 1.35 bits per heavy atom. The number of guanidine groups is 1. The van der Waals surface area contributed by atoms with Crippen LogP contribution in [0.2, 0.25) is 0 Å². The van der Waals surface area contributed by atoms with Crippen LogP contribution in [0, 0.1) is 11.8 Å². The minimum atomic E-state index is -4.16. The summed E-state index contributed by atoms with van der Waals surface area (Å²) in [5.74, 6) is -0.784. The Labute approximate surface area is 116 Å². The molecular weight excluding hydrogens is 271 g/mol. The van der Waals surface area contributed by atoms with Gasteiger partial charge in [-0.15, -0.1) is 0 Å². The van der Waals surface area contributed by atoms with Gasteiger partial charge in [-0.25, -0.2) is 0 Å². The van der Waals surface area contributed by atoms with E-state index in [-0.39, 0.29) is 31.6 Å². The standard InChI is InChI=1S/C13H20F3N3O/c1-8(2)7-17-11-18-10(20)12(19-11)5-3-9(4-6-12)13(14,15)16/h8-9H,3-7H2,1-2H3,(H2,17,18,19,20). The van der Waals surface area contributed by atoms with Gasteiger partial charge in [0.05, 0.1) is 5.92 Å². The van der Waals surface area contributed by atoms with Crippen molar-refractivity contribution in [3.8, 4) is 0 Å². The van der Waals surface area contributed by atoms with Crippen LogP contribution in [0.4, 0.5) is 13.2 Å². The molecule has 1 saturated heterocycles. The van der Waals surface area contributed by atoms with Crippen molar-refractivity contribution in [2.75, 3.05) is 6.54 Å². The zero-order chi connectivity index (χ0) is 15.0. The van der Waals surface area contributed by atoms with Crippen LogP contribution >= 0.6 is 0 Å². The molecule has 0 aromatic carbocycles. The molecule has 1 aliphatic carbocycles. The molecule has 0 unspecified atom stereocenters. The van der Waals surface area contributed by atoms with E-state index in [4.69, 9.17) is 0 Å². The van der Waals surface area contributed by atoms with Gasteiger partial charge in [-0.2, -0.15) is 13.2 Å². The fraction of sp³-hybridized carbons (Fsp3) is 0.846. The SMILES string of the molecule is CC(C)CN=C1NC(=O)C2(CCC(C(F)(F)F)CC2)N1. The first-order valence-electron chi connectivity index (χ1n) is 6.94. The van der Waals surface area contributed by atoms with Crippen molar-refractivity contribution in [3.63, 3.8) is 0 Å². The summed E-state index contributed by atoms with van der Waals surface area (Å²) >= 11 is 0. The van der Waals surface area contributed by atoms with Gasteiger partial charge in [0.25, 0.3) is 5.91 Å². The summed E-state index contributed by atoms with van der Waals surface area (Å²) in [6.45, 7) is 4.58. The number of aliphatic imine (C=N–C) groups is 1. The molecule has 7 heteroatoms. The van der Waals surface area contributed by atoms with Crippen molar-refractivity contribution < 1.29 is 18.0 Å². The zero-order valence-corrected chi connectivity index (χ0v) is 11.7. The first kappa shape index (κ1) is 15.1. The number of carbonyl (C=O) groups excluding carboxylic acids is 1. The van der Waals surface area contributed by atoms with E-state index in [1.165, 1.54) is 0 Å². The maximum atomic E-state index is 12.7. The average Bonchev–Trinajstić information content (AvgIpc) is 2.63. The van der Waals surface area contributed by atoms with Gasteiger partial charge in [0.15, 0.2) is 5.96 Å². The quantitative estimate of drug-likeness (QED) is 0.819. The third-order valence-electron chi connectivity index (χ3n) is 3.94. The van der Waals surface area contributed by atoms with Gasteiger partial charge < -0.3 is 5.32 Å². The molecule has 1 heterocycles. The number of nitrogens with one attached hydrogen (secondary N) is 2. The number of carbonyl (C=O) groups is 1. The minimum absolute atomic E-state index is 0.0125. The molecule has 114 valence electrons. The molecule has 2 N–H and O–H groups in total. The molecule has 1 aliphatic heterocycles. The predicted molar refractivity (Wildman–Crippen MR) is 69.2 cm³/mol. The minimum Gasteiger partial charge on any atom is -0.342 e. The number of hydrogen-bond donors (Lipinski definition) is 2. The lowest BCUT2D eigenvalue weighted by atomic mass is 9.76. The molecule has 0 aromatic rings. The first-order valence-corrected chi connectivity index (χ1v) is 6.94. The van der Waals surface area contributed by atoms with Crippen molar-refractivity contribution >= 4 is 11.9 Å². The fourth-order valence-electron chi connectivity index (χ4n) is 2.68. The van der Waals surface area contributed by atoms with E-state index in [1.807, 2.05) is 13.8 Å². The van der Waals surface area contributed by atoms with Crippen LogP contribution in [0.15, 0.2) is 4.99 Å². The van der Waals surface area contributed by atoms with Gasteiger partial charge in [-0.05, 0) is 31.6 Å². The average molecular weight is 291 g/mol. The molecule has 1 spiro atoms. The lowest BCUT2D eigenvalue weighted by Crippen LogP contribution is -2.50. The molecule has 2 aliphatic rings. The van der Waals surface area contributed by atoms with Crippen molar-refractivity contribution in [1.29, 1.82) is 0 Å². The van der Waals surface area contributed by atoms with E-state index in [9.17, 15) is 18.0 Å². The summed E-state index contributed by atoms with van der Waals surface area (Å²) in [6, 6.07) is 0. The molecule has 0 atom stereocenters. The predicted octanol–water partition coefficient (Wildman–Crippen LogP) is 2.21. The van der Waals surface area contributed by atoms with Crippen LogP contribution < -0.4 is 10.6 Å². The summed E-state index contributed by atoms with van der Waals surface area (Å²) in [5.41, 5.74) is -0.891. The molecule has 1 amide bonds. The van der Waals surface area contributed by atoms with E-state index in [2.05, 4.69) is 15.6 Å². The highest BCUT2D eigenvalue weighted by Crippen LogP contribution is 2.41. The maximum absolute atomic E-state index is 12.7. The van der Waals surface area contributed by atoms with Crippen molar-refractivity contribution in [1.82, 2.24) is 10.6 Å². The third-order valence-corrected chi connectivity index (χ3v) is 3.94. The normalized spacial score (nSPS) is 32.8. The van der Waals surface area contributed by atoms with E-state index in [1.54, 1.807) is 0 Å². The number of halogens is 3. The number of hydrogen-bond acceptors (Lipinski definition) is 2. The third kappa shape index (κ3) is 3.07. The summed E-state index contributed by atoms with van der Waals surface area (Å²) in [7, 11) is 0. The van der Waals surface area contributed by atoms with E-state index in [0.29, 0.717) is 18.4 Å². The van der Waals surface area contributed by atoms with Gasteiger partial charge in [-0.3, -0.25) is 15.1 Å². The summed E-state index contributed by atoms with van der Waals surface area (Å²) in [5, 5.41) is 5.65. The van der Waals surface area contributed by atoms with Crippen molar-refractivity contribution in [2.24, 2.45) is 16.8 Å². The summed E-state index contributed by atoms with van der Waals surface area (Å²) in [4.78, 5) is 16.3. The Morgan fingerprint density at radius 3 is 2.45 bits per heavy atom. The van der Waals surface area contributed by atoms with Gasteiger partial charge in [0.1, 0.15) is 5.54 Å². The molecule has 1 saturated carbocycles. The largest absolute Gasteiger partial charge is 0.391 e. The van der Waals surface area contributed by atoms with Crippen LogP contribution in [0.5, 0.6) is 0 Å². The van der Waals surface area contributed by atoms with Crippen molar-refractivity contribution in [2.45, 2.75) is 51.2 Å². The van der Waals surface area contributed by atoms with E-state index < -0.39 is 17.6 Å². The molecule has 4 nitrogen and oxygen atoms in total. The second-order valence-corrected chi connectivity index (χ2v) is 6.06. The second kappa shape index (κ2) is 5.26. The Bertz CT molecular complexity index is 410. The zero-order valence-electron chi connectivity index (χ0n) is 11.7. The highest BCUT2D eigenvalue weighted by atomic mass is 19.4. The first-order chi connectivity index (χ1) is 9.23. The smallest absolute Gasteiger partial charge is 0.342 e. The highest BCUT2D eigenvalue weighted by molar-refractivity contribution is 6.09. The van der Waals surface area contributed by atoms with Crippen LogP contribution in [0.3, 0.4) is 0 Å². The van der Waals surface area contributed by atoms with Gasteiger partial charge >= 0.3 is 6.18 Å². The molecule has 2 fully saturated rings. The van der Waals surface area contributed by atoms with Gasteiger partial charge in [-0.1, -0.05) is 13.8 Å². The van der Waals surface area contributed by atoms with Crippen molar-refractivity contribution in [3.05, 3.63) is 0 Å². The number of amides is 1. The second-order valence-electron chi connectivity index (χ2n) is 6.06. The number of alkyl halides is 3. The maximum Gasteiger partial charge on any atom is 0.391 e. The molecule has 0 radical (unpaired) electrons. The molecule has 20 heavy (non-hydrogen) atoms. The number of nitrogens with zero attached hydrogens (tertiary/aromatic N) is 1. The van der Waals surface area contributed by atoms with Crippen LogP contribution in [0.25, 0.3) is 0 Å². The molecule has 0 bridgehead atoms. The molecule has 0 aromatic heterocycles.